The molecule has 0 unspecified atom stereocenters. The number of halogens is 8. The van der Waals surface area contributed by atoms with Crippen molar-refractivity contribution >= 4 is 175 Å². The zero-order valence-corrected chi connectivity index (χ0v) is 96.5. The first-order valence-electron chi connectivity index (χ1n) is 51.5. The van der Waals surface area contributed by atoms with Gasteiger partial charge in [0.1, 0.15) is 11.6 Å². The molecule has 0 bridgehead atoms. The lowest BCUT2D eigenvalue weighted by Gasteiger charge is -2.33. The lowest BCUT2D eigenvalue weighted by Crippen LogP contribution is -2.37. The van der Waals surface area contributed by atoms with Crippen molar-refractivity contribution in [3.05, 3.63) is 378 Å². The van der Waals surface area contributed by atoms with Gasteiger partial charge in [-0.25, -0.2) is 8.78 Å². The summed E-state index contributed by atoms with van der Waals surface area (Å²) in [6.07, 6.45) is 36.3. The third-order valence-corrected chi connectivity index (χ3v) is 37.1. The Morgan fingerprint density at radius 3 is 0.980 bits per heavy atom. The van der Waals surface area contributed by atoms with Crippen LogP contribution in [-0.4, -0.2) is 150 Å². The number of hydrogen-bond donors (Lipinski definition) is 0. The van der Waals surface area contributed by atoms with E-state index in [4.69, 9.17) is 69.6 Å². The number of rotatable bonds is 28. The van der Waals surface area contributed by atoms with Crippen LogP contribution < -0.4 is 0 Å². The lowest BCUT2D eigenvalue weighted by molar-refractivity contribution is 0.0689. The number of aromatic nitrogens is 6. The fourth-order valence-corrected chi connectivity index (χ4v) is 25.0. The summed E-state index contributed by atoms with van der Waals surface area (Å²) in [6, 6.07) is 48.0. The minimum Gasteiger partial charge on any atom is -0.371 e. The number of amides is 2. The van der Waals surface area contributed by atoms with Crippen molar-refractivity contribution in [3.63, 3.8) is 0 Å². The van der Waals surface area contributed by atoms with Crippen molar-refractivity contribution in [2.45, 2.75) is 203 Å². The van der Waals surface area contributed by atoms with Crippen LogP contribution in [0.15, 0.2) is 282 Å². The molecular formula is C121H138Cl6F2N12O2S6. The summed E-state index contributed by atoms with van der Waals surface area (Å²) in [7, 11) is 0. The molecule has 0 saturated carbocycles. The van der Waals surface area contributed by atoms with E-state index in [0.717, 1.165) is 258 Å². The van der Waals surface area contributed by atoms with Crippen LogP contribution >= 0.6 is 140 Å². The van der Waals surface area contributed by atoms with Crippen molar-refractivity contribution in [2.24, 2.45) is 35.5 Å². The molecule has 12 heterocycles. The number of carbonyl (C=O) groups excluding carboxylic acids is 2. The van der Waals surface area contributed by atoms with Gasteiger partial charge in [0.2, 0.25) is 0 Å². The Labute approximate surface area is 938 Å². The van der Waals surface area contributed by atoms with Crippen LogP contribution in [0.2, 0.25) is 30.1 Å². The fourth-order valence-electron chi connectivity index (χ4n) is 17.8. The summed E-state index contributed by atoms with van der Waals surface area (Å²) in [5.74, 6) is 9.09. The van der Waals surface area contributed by atoms with Crippen LogP contribution in [0.1, 0.15) is 212 Å². The molecule has 18 rings (SSSR count). The van der Waals surface area contributed by atoms with E-state index in [0.29, 0.717) is 65.0 Å². The first-order chi connectivity index (χ1) is 71.8. The van der Waals surface area contributed by atoms with Crippen LogP contribution in [0, 0.1) is 67.9 Å². The van der Waals surface area contributed by atoms with Gasteiger partial charge in [-0.1, -0.05) is 174 Å². The Bertz CT molecular complexity index is 6330. The number of piperidine rings is 6. The normalized spacial score (nSPS) is 15.4. The second-order valence-corrected chi connectivity index (χ2v) is 48.5. The molecule has 149 heavy (non-hydrogen) atoms. The van der Waals surface area contributed by atoms with E-state index in [1.165, 1.54) is 92.0 Å². The number of pyridine rings is 6. The maximum absolute atomic E-state index is 13.7. The third kappa shape index (κ3) is 36.6. The Morgan fingerprint density at radius 2 is 0.611 bits per heavy atom. The van der Waals surface area contributed by atoms with Gasteiger partial charge >= 0.3 is 0 Å². The largest absolute Gasteiger partial charge is 0.371 e. The molecule has 786 valence electrons. The van der Waals surface area contributed by atoms with Gasteiger partial charge in [-0.2, -0.15) is 0 Å². The van der Waals surface area contributed by atoms with Gasteiger partial charge in [-0.3, -0.25) is 39.5 Å². The molecular weight excluding hydrogens is 2100 g/mol. The molecule has 6 saturated heterocycles. The van der Waals surface area contributed by atoms with Crippen LogP contribution in [0.4, 0.5) is 8.78 Å². The number of nitrogens with zero attached hydrogens (tertiary/aromatic N) is 12. The third-order valence-electron chi connectivity index (χ3n) is 27.8. The molecule has 12 aromatic rings. The zero-order chi connectivity index (χ0) is 106. The van der Waals surface area contributed by atoms with Gasteiger partial charge in [0, 0.05) is 267 Å². The molecule has 0 N–H and O–H groups in total. The maximum atomic E-state index is 13.7. The van der Waals surface area contributed by atoms with E-state index in [1.54, 1.807) is 109 Å². The van der Waals surface area contributed by atoms with Crippen LogP contribution in [-0.2, 0) is 34.5 Å². The molecule has 2 amide bonds. The molecule has 6 fully saturated rings. The van der Waals surface area contributed by atoms with Crippen molar-refractivity contribution < 1.29 is 18.4 Å². The summed E-state index contributed by atoms with van der Waals surface area (Å²) in [5, 5.41) is 4.14. The van der Waals surface area contributed by atoms with E-state index in [2.05, 4.69) is 161 Å². The number of hydrogen-bond acceptors (Lipinski definition) is 18. The molecule has 0 aliphatic carbocycles. The van der Waals surface area contributed by atoms with Gasteiger partial charge in [-0.05, 0) is 299 Å². The second kappa shape index (κ2) is 59.5. The molecule has 28 heteroatoms. The first-order valence-corrected chi connectivity index (χ1v) is 59.6. The molecule has 6 aliphatic heterocycles. The van der Waals surface area contributed by atoms with Gasteiger partial charge < -0.3 is 29.4 Å². The summed E-state index contributed by atoms with van der Waals surface area (Å²) in [4.78, 5) is 70.7. The van der Waals surface area contributed by atoms with Crippen molar-refractivity contribution in [3.8, 4) is 0 Å². The Hall–Kier alpha value is -8.98. The highest BCUT2D eigenvalue weighted by Crippen LogP contribution is 2.41. The van der Waals surface area contributed by atoms with Crippen LogP contribution in [0.3, 0.4) is 0 Å². The highest BCUT2D eigenvalue weighted by atomic mass is 35.5. The number of aryl methyl sites for hydroxylation is 3. The number of carbonyl (C=O) groups is 2. The highest BCUT2D eigenvalue weighted by Gasteiger charge is 2.28. The number of likely N-dealkylation sites (tertiary alicyclic amines) is 6. The summed E-state index contributed by atoms with van der Waals surface area (Å²) in [6.45, 7) is 48.8. The quantitative estimate of drug-likeness (QED) is 0.0431. The minimum absolute atomic E-state index is 0.0730. The highest BCUT2D eigenvalue weighted by molar-refractivity contribution is 7.99. The Kier molecular flexibility index (Phi) is 46.7. The van der Waals surface area contributed by atoms with E-state index < -0.39 is 0 Å². The predicted molar refractivity (Wildman–Crippen MR) is 630 cm³/mol. The van der Waals surface area contributed by atoms with E-state index in [-0.39, 0.29) is 23.4 Å². The fraction of sp³-hybridized carbons (Fsp3) is 0.372. The lowest BCUT2D eigenvalue weighted by atomic mass is 9.98. The smallest absolute Gasteiger partial charge is 0.255 e. The van der Waals surface area contributed by atoms with Gasteiger partial charge in [0.25, 0.3) is 11.8 Å². The predicted octanol–water partition coefficient (Wildman–Crippen LogP) is 33.9. The van der Waals surface area contributed by atoms with E-state index in [9.17, 15) is 18.4 Å². The topological polar surface area (TPSA) is 131 Å². The molecule has 6 aliphatic rings. The van der Waals surface area contributed by atoms with Crippen molar-refractivity contribution in [1.82, 2.24) is 59.3 Å². The number of benzene rings is 6. The van der Waals surface area contributed by atoms with E-state index in [1.807, 2.05) is 151 Å². The standard InChI is InChI=1S/C21H25ClN2S.2C20H22Cl2N2S.C20H23ClN2OS.C20H23FN2OS.C20H23FN2S/c1-15-7-9-24(10-8-15)17(3)19-11-18(12-23-13-19)14-25-21-16(2)5-4-6-20(21)22;1-14-5-7-24(8-6-14)15(2)17-9-16(11-23-12-17)13-25-20-4-3-18(21)10-19(20)22;1-14-6-8-24(9-7-14)15(2)17-10-16(11-23-12-17)13-25-19-5-3-4-18(21)20(19)22;1-14-5-7-23(8-6-14)20(24)17-10-16(11-22-12-17)13-25-19-4-3-15(2)9-18(19)21;1-14-5-7-23(8-6-14)20(24)17-10-16(11-22-12-17)13-25-18-3-4-19(21)15(2)9-18;1-15-7-9-23(10-8-15)16(2)18-11-17(12-22-13-18)14-24-20-6-4-3-5-19(20)21/h4-6,11-13,15H,3,7-10,14H2,1-2H3;3-4,9-12,14H,2,5-8,13H2,1H3;3-5,10-12,14H,2,6-9,13H2,1H3;2*3-4,9-12,14H,5-8,13H2,1-2H3;3-6,11-13,15H,2,7-10,14H2,1H3. The van der Waals surface area contributed by atoms with Gasteiger partial charge in [0.05, 0.1) is 36.2 Å². The zero-order valence-electron chi connectivity index (χ0n) is 87.0. The van der Waals surface area contributed by atoms with Crippen molar-refractivity contribution in [1.29, 1.82) is 0 Å². The Balaban J connectivity index is 0.000000149. The van der Waals surface area contributed by atoms with Gasteiger partial charge in [-0.15, -0.1) is 70.6 Å². The first kappa shape index (κ1) is 117. The SMILES string of the molecule is C=C(c1cncc(CSc2c(C)cccc2Cl)c1)N1CCC(C)CC1.C=C(c1cncc(CSc2ccc(Cl)cc2Cl)c1)N1CCC(C)CC1.C=C(c1cncc(CSc2cccc(Cl)c2Cl)c1)N1CCC(C)CC1.C=C(c1cncc(CSc2ccccc2F)c1)N1CCC(C)CC1.Cc1cc(SCc2cncc(C(=O)N3CCC(C)CC3)c2)ccc1F.Cc1ccc(SCc2cncc(C(=O)N3CCC(C)CC3)c2)c(Cl)c1. The molecule has 0 radical (unpaired) electrons. The average Bonchev–Trinajstić information content (AvgIpc) is 0.854. The average molecular weight is 2240 g/mol. The maximum Gasteiger partial charge on any atom is 0.255 e. The second-order valence-electron chi connectivity index (χ2n) is 39.9. The molecule has 0 atom stereocenters. The summed E-state index contributed by atoms with van der Waals surface area (Å²) >= 11 is 47.1. The minimum atomic E-state index is -0.186. The molecule has 6 aromatic heterocycles. The molecule has 0 spiro atoms. The molecule has 14 nitrogen and oxygen atoms in total. The van der Waals surface area contributed by atoms with Crippen LogP contribution in [0.25, 0.3) is 22.8 Å². The van der Waals surface area contributed by atoms with E-state index >= 15 is 0 Å². The van der Waals surface area contributed by atoms with Gasteiger partial charge in [0.15, 0.2) is 0 Å². The molecule has 6 aromatic carbocycles. The van der Waals surface area contributed by atoms with Crippen LogP contribution in [0.5, 0.6) is 0 Å². The monoisotopic (exact) mass is 2230 g/mol. The summed E-state index contributed by atoms with van der Waals surface area (Å²) in [5.41, 5.74) is 19.7. The van der Waals surface area contributed by atoms with Crippen molar-refractivity contribution in [2.75, 3.05) is 78.5 Å². The Morgan fingerprint density at radius 1 is 0.295 bits per heavy atom. The number of thioether (sulfide) groups is 6. The summed E-state index contributed by atoms with van der Waals surface area (Å²) < 4.78 is 27.1.